The minimum Gasteiger partial charge on any atom is -0.431 e. The molecule has 5 aromatic rings. The third-order valence-electron chi connectivity index (χ3n) is 5.25. The molecule has 1 N–H and O–H groups in total. The summed E-state index contributed by atoms with van der Waals surface area (Å²) in [5.74, 6) is 0.430. The first-order valence-corrected chi connectivity index (χ1v) is 11.5. The van der Waals surface area contributed by atoms with Crippen LogP contribution >= 0.6 is 11.3 Å². The molecule has 0 atom stereocenters. The van der Waals surface area contributed by atoms with E-state index in [9.17, 15) is 9.59 Å². The molecule has 0 saturated heterocycles. The molecule has 0 unspecified atom stereocenters. The third kappa shape index (κ3) is 4.10. The zero-order valence-corrected chi connectivity index (χ0v) is 18.7. The van der Waals surface area contributed by atoms with Gasteiger partial charge in [-0.2, -0.15) is 0 Å². The summed E-state index contributed by atoms with van der Waals surface area (Å²) in [6.45, 7) is 2.96. The van der Waals surface area contributed by atoms with E-state index < -0.39 is 0 Å². The number of thiazole rings is 1. The minimum absolute atomic E-state index is 0.185. The van der Waals surface area contributed by atoms with Crippen molar-refractivity contribution in [3.8, 4) is 10.9 Å². The third-order valence-corrected chi connectivity index (χ3v) is 5.90. The minimum atomic E-state index is -0.252. The zero-order chi connectivity index (χ0) is 22.8. The summed E-state index contributed by atoms with van der Waals surface area (Å²) in [5, 5.41) is 5.82. The van der Waals surface area contributed by atoms with Gasteiger partial charge in [0.2, 0.25) is 0 Å². The van der Waals surface area contributed by atoms with Gasteiger partial charge >= 0.3 is 0 Å². The van der Waals surface area contributed by atoms with Crippen LogP contribution in [0, 0.1) is 0 Å². The van der Waals surface area contributed by atoms with Gasteiger partial charge in [-0.05, 0) is 42.3 Å². The van der Waals surface area contributed by atoms with Gasteiger partial charge in [0.25, 0.3) is 16.7 Å². The molecule has 0 saturated carbocycles. The maximum atomic E-state index is 13.1. The lowest BCUT2D eigenvalue weighted by atomic mass is 10.2. The van der Waals surface area contributed by atoms with Crippen molar-refractivity contribution in [1.82, 2.24) is 24.3 Å². The number of aryl methyl sites for hydroxylation is 1. The highest BCUT2D eigenvalue weighted by Gasteiger charge is 2.19. The Balaban J connectivity index is 1.38. The molecule has 8 nitrogen and oxygen atoms in total. The Kier molecular flexibility index (Phi) is 5.62. The summed E-state index contributed by atoms with van der Waals surface area (Å²) in [6, 6.07) is 14.5. The number of nitrogens with zero attached hydrogens (tertiary/aromatic N) is 4. The first kappa shape index (κ1) is 20.9. The van der Waals surface area contributed by atoms with Crippen LogP contribution < -0.4 is 15.6 Å². The highest BCUT2D eigenvalue weighted by atomic mass is 32.1. The van der Waals surface area contributed by atoms with E-state index >= 15 is 0 Å². The molecule has 0 bridgehead atoms. The number of ether oxygens (including phenoxy) is 1. The smallest absolute Gasteiger partial charge is 0.278 e. The van der Waals surface area contributed by atoms with Crippen LogP contribution in [0.2, 0.25) is 0 Å². The zero-order valence-electron chi connectivity index (χ0n) is 17.9. The molecular weight excluding hydrogens is 438 g/mol. The van der Waals surface area contributed by atoms with Gasteiger partial charge in [0, 0.05) is 30.9 Å². The van der Waals surface area contributed by atoms with E-state index in [0.29, 0.717) is 46.4 Å². The summed E-state index contributed by atoms with van der Waals surface area (Å²) in [4.78, 5) is 34.8. The normalized spacial score (nSPS) is 11.2. The van der Waals surface area contributed by atoms with Crippen LogP contribution in [0.1, 0.15) is 29.4 Å². The predicted molar refractivity (Wildman–Crippen MR) is 127 cm³/mol. The van der Waals surface area contributed by atoms with Crippen LogP contribution in [0.3, 0.4) is 0 Å². The van der Waals surface area contributed by atoms with Gasteiger partial charge in [-0.1, -0.05) is 36.5 Å². The molecule has 4 heterocycles. The summed E-state index contributed by atoms with van der Waals surface area (Å²) in [7, 11) is 0. The number of fused-ring (bicyclic) bond motifs is 2. The van der Waals surface area contributed by atoms with Gasteiger partial charge in [-0.3, -0.25) is 14.0 Å². The van der Waals surface area contributed by atoms with Crippen molar-refractivity contribution in [2.45, 2.75) is 26.4 Å². The second-order valence-electron chi connectivity index (χ2n) is 7.49. The first-order valence-electron chi connectivity index (χ1n) is 10.6. The van der Waals surface area contributed by atoms with Crippen LogP contribution in [0.5, 0.6) is 10.9 Å². The molecule has 9 heteroatoms. The molecule has 5 rings (SSSR count). The number of amides is 1. The van der Waals surface area contributed by atoms with Gasteiger partial charge in [-0.25, -0.2) is 9.97 Å². The van der Waals surface area contributed by atoms with Gasteiger partial charge in [0.15, 0.2) is 0 Å². The maximum absolute atomic E-state index is 13.1. The predicted octanol–water partition coefficient (Wildman–Crippen LogP) is 4.24. The Labute approximate surface area is 193 Å². The Morgan fingerprint density at radius 3 is 2.79 bits per heavy atom. The summed E-state index contributed by atoms with van der Waals surface area (Å²) in [5.41, 5.74) is 2.25. The van der Waals surface area contributed by atoms with Crippen LogP contribution in [0.15, 0.2) is 71.1 Å². The number of carbonyl (C=O) groups is 1. The molecule has 0 spiro atoms. The molecule has 0 aliphatic carbocycles. The Morgan fingerprint density at radius 1 is 1.18 bits per heavy atom. The van der Waals surface area contributed by atoms with Crippen LogP contribution in [0.25, 0.3) is 16.7 Å². The number of hydrogen-bond donors (Lipinski definition) is 1. The topological polar surface area (TPSA) is 90.5 Å². The number of aromatic nitrogens is 4. The highest BCUT2D eigenvalue weighted by Crippen LogP contribution is 2.23. The van der Waals surface area contributed by atoms with Crippen molar-refractivity contribution >= 4 is 33.9 Å². The van der Waals surface area contributed by atoms with Gasteiger partial charge in [-0.15, -0.1) is 0 Å². The highest BCUT2D eigenvalue weighted by molar-refractivity contribution is 7.11. The van der Waals surface area contributed by atoms with E-state index in [0.717, 1.165) is 12.0 Å². The van der Waals surface area contributed by atoms with Crippen LogP contribution in [-0.4, -0.2) is 24.8 Å². The number of hydrogen-bond acceptors (Lipinski definition) is 6. The summed E-state index contributed by atoms with van der Waals surface area (Å²) in [6.07, 6.45) is 4.18. The van der Waals surface area contributed by atoms with E-state index in [-0.39, 0.29) is 11.5 Å². The van der Waals surface area contributed by atoms with E-state index in [1.807, 2.05) is 47.2 Å². The largest absolute Gasteiger partial charge is 0.431 e. The SMILES string of the molecule is CCCn1c(C(=O)NCc2ccc(Oc3nccs3)cc2)cc2c(=O)n3ccccc3nc21. The quantitative estimate of drug-likeness (QED) is 0.393. The van der Waals surface area contributed by atoms with Crippen molar-refractivity contribution in [3.63, 3.8) is 0 Å². The molecule has 1 amide bonds. The molecule has 4 aromatic heterocycles. The summed E-state index contributed by atoms with van der Waals surface area (Å²) >= 11 is 1.42. The van der Waals surface area contributed by atoms with Crippen LogP contribution in [-0.2, 0) is 13.1 Å². The molecule has 166 valence electrons. The monoisotopic (exact) mass is 459 g/mol. The molecule has 1 aromatic carbocycles. The molecule has 0 aliphatic rings. The fraction of sp³-hybridized carbons (Fsp3) is 0.167. The first-order chi connectivity index (χ1) is 16.1. The Bertz CT molecular complexity index is 1490. The second kappa shape index (κ2) is 8.87. The fourth-order valence-corrected chi connectivity index (χ4v) is 4.20. The van der Waals surface area contributed by atoms with E-state index in [2.05, 4.69) is 15.3 Å². The molecule has 0 radical (unpaired) electrons. The Hall–Kier alpha value is -3.98. The summed E-state index contributed by atoms with van der Waals surface area (Å²) < 4.78 is 8.99. The molecule has 33 heavy (non-hydrogen) atoms. The van der Waals surface area contributed by atoms with E-state index in [1.54, 1.807) is 30.6 Å². The van der Waals surface area contributed by atoms with Crippen molar-refractivity contribution < 1.29 is 9.53 Å². The lowest BCUT2D eigenvalue weighted by molar-refractivity contribution is 0.0942. The fourth-order valence-electron chi connectivity index (χ4n) is 3.70. The van der Waals surface area contributed by atoms with Crippen molar-refractivity contribution in [1.29, 1.82) is 0 Å². The van der Waals surface area contributed by atoms with Gasteiger partial charge < -0.3 is 14.6 Å². The second-order valence-corrected chi connectivity index (χ2v) is 8.35. The van der Waals surface area contributed by atoms with Crippen molar-refractivity contribution in [2.24, 2.45) is 0 Å². The number of benzene rings is 1. The van der Waals surface area contributed by atoms with Gasteiger partial charge in [0.05, 0.1) is 5.39 Å². The maximum Gasteiger partial charge on any atom is 0.278 e. The molecule has 0 aliphatic heterocycles. The number of nitrogens with one attached hydrogen (secondary N) is 1. The van der Waals surface area contributed by atoms with Crippen molar-refractivity contribution in [3.05, 3.63) is 87.9 Å². The molecule has 0 fully saturated rings. The molecular formula is C24H21N5O3S. The number of pyridine rings is 1. The number of carbonyl (C=O) groups excluding carboxylic acids is 1. The average molecular weight is 460 g/mol. The number of rotatable bonds is 7. The van der Waals surface area contributed by atoms with Crippen LogP contribution in [0.4, 0.5) is 0 Å². The van der Waals surface area contributed by atoms with Gasteiger partial charge in [0.1, 0.15) is 22.7 Å². The lowest BCUT2D eigenvalue weighted by Crippen LogP contribution is -2.25. The Morgan fingerprint density at radius 2 is 2.03 bits per heavy atom. The van der Waals surface area contributed by atoms with Crippen molar-refractivity contribution in [2.75, 3.05) is 0 Å². The lowest BCUT2D eigenvalue weighted by Gasteiger charge is -2.10. The van der Waals surface area contributed by atoms with E-state index in [1.165, 1.54) is 15.7 Å². The van der Waals surface area contributed by atoms with E-state index in [4.69, 9.17) is 4.74 Å². The standard InChI is InChI=1S/C24H21N5O3S/c1-2-11-28-19(14-18-21(28)27-20-5-3-4-12-29(20)23(18)31)22(30)26-15-16-6-8-17(9-7-16)32-24-25-10-13-33-24/h3-10,12-14H,2,11,15H2,1H3,(H,26,30). The average Bonchev–Trinajstić information content (AvgIpc) is 3.47.